The first-order valence-electron chi connectivity index (χ1n) is 5.74. The molecule has 0 saturated heterocycles. The molecule has 0 unspecified atom stereocenters. The molecule has 4 nitrogen and oxygen atoms in total. The summed E-state index contributed by atoms with van der Waals surface area (Å²) >= 11 is 1.29. The molecular weight excluding hydrogens is 256 g/mol. The summed E-state index contributed by atoms with van der Waals surface area (Å²) in [6.07, 6.45) is 3.08. The van der Waals surface area contributed by atoms with E-state index in [1.807, 2.05) is 6.92 Å². The van der Waals surface area contributed by atoms with Crippen LogP contribution in [0.1, 0.15) is 29.7 Å². The Hall–Kier alpha value is -0.430. The van der Waals surface area contributed by atoms with E-state index in [9.17, 15) is 8.42 Å². The molecule has 1 fully saturated rings. The van der Waals surface area contributed by atoms with Crippen molar-refractivity contribution in [2.24, 2.45) is 5.73 Å². The van der Waals surface area contributed by atoms with Crippen molar-refractivity contribution in [3.05, 3.63) is 16.5 Å². The molecule has 0 aromatic carbocycles. The van der Waals surface area contributed by atoms with Gasteiger partial charge in [0, 0.05) is 24.5 Å². The maximum absolute atomic E-state index is 12.3. The van der Waals surface area contributed by atoms with Crippen molar-refractivity contribution in [3.8, 4) is 0 Å². The molecule has 0 radical (unpaired) electrons. The van der Waals surface area contributed by atoms with Crippen molar-refractivity contribution in [2.75, 3.05) is 7.05 Å². The number of rotatable bonds is 4. The van der Waals surface area contributed by atoms with Crippen LogP contribution < -0.4 is 5.73 Å². The largest absolute Gasteiger partial charge is 0.326 e. The summed E-state index contributed by atoms with van der Waals surface area (Å²) in [5, 5.41) is 0. The summed E-state index contributed by atoms with van der Waals surface area (Å²) < 4.78 is 26.6. The zero-order chi connectivity index (χ0) is 12.6. The van der Waals surface area contributed by atoms with E-state index in [4.69, 9.17) is 5.73 Å². The van der Waals surface area contributed by atoms with Crippen LogP contribution in [0.5, 0.6) is 0 Å². The van der Waals surface area contributed by atoms with Crippen LogP contribution in [0.4, 0.5) is 0 Å². The lowest BCUT2D eigenvalue weighted by Crippen LogP contribution is -2.40. The molecule has 1 aliphatic carbocycles. The molecule has 6 heteroatoms. The quantitative estimate of drug-likeness (QED) is 0.908. The summed E-state index contributed by atoms with van der Waals surface area (Å²) in [7, 11) is -1.64. The van der Waals surface area contributed by atoms with Crippen molar-refractivity contribution in [1.82, 2.24) is 4.31 Å². The van der Waals surface area contributed by atoms with E-state index in [1.54, 1.807) is 13.1 Å². The second kappa shape index (κ2) is 4.68. The number of sulfonamides is 1. The molecule has 96 valence electrons. The predicted molar refractivity (Wildman–Crippen MR) is 69.5 cm³/mol. The van der Waals surface area contributed by atoms with Crippen LogP contribution in [0.2, 0.25) is 0 Å². The summed E-state index contributed by atoms with van der Waals surface area (Å²) in [5.41, 5.74) is 6.55. The van der Waals surface area contributed by atoms with E-state index < -0.39 is 10.0 Å². The van der Waals surface area contributed by atoms with Crippen molar-refractivity contribution in [3.63, 3.8) is 0 Å². The highest BCUT2D eigenvalue weighted by Gasteiger charge is 2.32. The zero-order valence-corrected chi connectivity index (χ0v) is 11.8. The lowest BCUT2D eigenvalue weighted by Gasteiger charge is -2.33. The van der Waals surface area contributed by atoms with Crippen molar-refractivity contribution >= 4 is 21.4 Å². The van der Waals surface area contributed by atoms with Gasteiger partial charge in [-0.25, -0.2) is 8.42 Å². The van der Waals surface area contributed by atoms with Gasteiger partial charge in [-0.2, -0.15) is 4.31 Å². The van der Waals surface area contributed by atoms with E-state index in [0.29, 0.717) is 10.8 Å². The van der Waals surface area contributed by atoms with Crippen LogP contribution in [0.3, 0.4) is 0 Å². The summed E-state index contributed by atoms with van der Waals surface area (Å²) in [4.78, 5) is 0.950. The minimum Gasteiger partial charge on any atom is -0.326 e. The third kappa shape index (κ3) is 2.27. The third-order valence-electron chi connectivity index (χ3n) is 3.41. The first-order chi connectivity index (χ1) is 7.96. The molecule has 2 N–H and O–H groups in total. The van der Waals surface area contributed by atoms with Gasteiger partial charge in [-0.05, 0) is 31.4 Å². The van der Waals surface area contributed by atoms with Gasteiger partial charge >= 0.3 is 0 Å². The summed E-state index contributed by atoms with van der Waals surface area (Å²) in [6.45, 7) is 2.31. The minimum atomic E-state index is -3.31. The highest BCUT2D eigenvalue weighted by atomic mass is 32.2. The van der Waals surface area contributed by atoms with E-state index in [0.717, 1.165) is 29.7 Å². The summed E-state index contributed by atoms with van der Waals surface area (Å²) in [6, 6.07) is 1.92. The molecule has 2 rings (SSSR count). The Morgan fingerprint density at radius 1 is 1.53 bits per heavy atom. The highest BCUT2D eigenvalue weighted by molar-refractivity contribution is 7.91. The SMILES string of the molecule is Cc1cc(S(=O)(=O)N(C)C2CCC2)sc1CN. The van der Waals surface area contributed by atoms with Crippen LogP contribution in [-0.4, -0.2) is 25.8 Å². The Bertz CT molecular complexity index is 504. The molecule has 0 bridgehead atoms. The van der Waals surface area contributed by atoms with E-state index in [1.165, 1.54) is 15.6 Å². The third-order valence-corrected chi connectivity index (χ3v) is 7.02. The van der Waals surface area contributed by atoms with E-state index in [2.05, 4.69) is 0 Å². The van der Waals surface area contributed by atoms with Crippen LogP contribution in [0.15, 0.2) is 10.3 Å². The van der Waals surface area contributed by atoms with Crippen LogP contribution in [0, 0.1) is 6.92 Å². The van der Waals surface area contributed by atoms with E-state index in [-0.39, 0.29) is 6.04 Å². The Morgan fingerprint density at radius 3 is 2.59 bits per heavy atom. The molecule has 17 heavy (non-hydrogen) atoms. The fourth-order valence-electron chi connectivity index (χ4n) is 1.91. The second-order valence-electron chi connectivity index (χ2n) is 4.48. The molecule has 1 aromatic heterocycles. The van der Waals surface area contributed by atoms with Gasteiger partial charge in [0.25, 0.3) is 10.0 Å². The molecule has 0 spiro atoms. The van der Waals surface area contributed by atoms with Gasteiger partial charge in [-0.15, -0.1) is 11.3 Å². The first-order valence-corrected chi connectivity index (χ1v) is 8.00. The lowest BCUT2D eigenvalue weighted by molar-refractivity contribution is 0.250. The average molecular weight is 274 g/mol. The Labute approximate surface area is 106 Å². The number of aryl methyl sites for hydroxylation is 1. The number of hydrogen-bond donors (Lipinski definition) is 1. The second-order valence-corrected chi connectivity index (χ2v) is 7.84. The number of nitrogens with two attached hydrogens (primary N) is 1. The maximum atomic E-state index is 12.3. The van der Waals surface area contributed by atoms with E-state index >= 15 is 0 Å². The lowest BCUT2D eigenvalue weighted by atomic mass is 9.94. The fourth-order valence-corrected chi connectivity index (χ4v) is 4.98. The Morgan fingerprint density at radius 2 is 2.18 bits per heavy atom. The molecule has 1 heterocycles. The average Bonchev–Trinajstić information content (AvgIpc) is 2.57. The fraction of sp³-hybridized carbons (Fsp3) is 0.636. The molecule has 1 saturated carbocycles. The Kier molecular flexibility index (Phi) is 3.58. The Balaban J connectivity index is 2.30. The normalized spacial score (nSPS) is 17.4. The van der Waals surface area contributed by atoms with Crippen molar-refractivity contribution in [2.45, 2.75) is 43.0 Å². The molecule has 0 atom stereocenters. The maximum Gasteiger partial charge on any atom is 0.252 e. The predicted octanol–water partition coefficient (Wildman–Crippen LogP) is 1.69. The highest BCUT2D eigenvalue weighted by Crippen LogP contribution is 2.32. The van der Waals surface area contributed by atoms with Crippen LogP contribution in [-0.2, 0) is 16.6 Å². The van der Waals surface area contributed by atoms with Crippen LogP contribution in [0.25, 0.3) is 0 Å². The smallest absolute Gasteiger partial charge is 0.252 e. The molecule has 1 aliphatic rings. The molecule has 1 aromatic rings. The number of thiophene rings is 1. The van der Waals surface area contributed by atoms with Gasteiger partial charge in [-0.3, -0.25) is 0 Å². The number of nitrogens with zero attached hydrogens (tertiary/aromatic N) is 1. The van der Waals surface area contributed by atoms with Gasteiger partial charge in [0.2, 0.25) is 0 Å². The molecular formula is C11H18N2O2S2. The molecule has 0 aliphatic heterocycles. The van der Waals surface area contributed by atoms with Crippen LogP contribution >= 0.6 is 11.3 Å². The summed E-state index contributed by atoms with van der Waals surface area (Å²) in [5.74, 6) is 0. The number of hydrogen-bond acceptors (Lipinski definition) is 4. The van der Waals surface area contributed by atoms with Gasteiger partial charge in [0.05, 0.1) is 0 Å². The minimum absolute atomic E-state index is 0.184. The monoisotopic (exact) mass is 274 g/mol. The van der Waals surface area contributed by atoms with Gasteiger partial charge in [0.15, 0.2) is 0 Å². The van der Waals surface area contributed by atoms with Crippen molar-refractivity contribution < 1.29 is 8.42 Å². The topological polar surface area (TPSA) is 63.4 Å². The van der Waals surface area contributed by atoms with Crippen molar-refractivity contribution in [1.29, 1.82) is 0 Å². The van der Waals surface area contributed by atoms with Gasteiger partial charge in [0.1, 0.15) is 4.21 Å². The van der Waals surface area contributed by atoms with Gasteiger partial charge in [-0.1, -0.05) is 6.42 Å². The first kappa shape index (κ1) is 13.0. The van der Waals surface area contributed by atoms with Gasteiger partial charge < -0.3 is 5.73 Å². The molecule has 0 amide bonds. The standard InChI is InChI=1S/C11H18N2O2S2/c1-8-6-11(16-10(8)7-12)17(14,15)13(2)9-4-3-5-9/h6,9H,3-5,7,12H2,1-2H3. The zero-order valence-electron chi connectivity index (χ0n) is 10.1.